The van der Waals surface area contributed by atoms with Crippen molar-refractivity contribution in [2.75, 3.05) is 5.73 Å². The maximum atomic E-state index is 12.5. The number of fused-ring (bicyclic) bond motifs is 1. The van der Waals surface area contributed by atoms with E-state index in [0.29, 0.717) is 22.7 Å². The summed E-state index contributed by atoms with van der Waals surface area (Å²) in [4.78, 5) is 0. The van der Waals surface area contributed by atoms with E-state index in [1.54, 1.807) is 22.7 Å². The molecule has 1 aromatic carbocycles. The zero-order valence-corrected chi connectivity index (χ0v) is 10.1. The number of pyridine rings is 1. The average molecular weight is 278 g/mol. The maximum absolute atomic E-state index is 12.5. The minimum absolute atomic E-state index is 0.445. The second-order valence-corrected chi connectivity index (χ2v) is 4.29. The van der Waals surface area contributed by atoms with E-state index in [0.717, 1.165) is 12.1 Å². The van der Waals surface area contributed by atoms with Gasteiger partial charge in [-0.15, -0.1) is 10.2 Å². The Hall–Kier alpha value is -2.57. The number of halogens is 3. The van der Waals surface area contributed by atoms with Crippen LogP contribution in [-0.4, -0.2) is 14.6 Å². The normalized spacial score (nSPS) is 11.9. The Labute approximate surface area is 111 Å². The third-order valence-electron chi connectivity index (χ3n) is 2.90. The Kier molecular flexibility index (Phi) is 2.63. The molecule has 3 aromatic rings. The highest BCUT2D eigenvalue weighted by molar-refractivity contribution is 5.61. The van der Waals surface area contributed by atoms with Crippen LogP contribution in [0, 0.1) is 0 Å². The molecular weight excluding hydrogens is 269 g/mol. The first kappa shape index (κ1) is 12.5. The van der Waals surface area contributed by atoms with E-state index in [9.17, 15) is 13.2 Å². The molecule has 0 aliphatic carbocycles. The van der Waals surface area contributed by atoms with Crippen LogP contribution in [-0.2, 0) is 6.18 Å². The highest BCUT2D eigenvalue weighted by atomic mass is 19.4. The van der Waals surface area contributed by atoms with Gasteiger partial charge in [0.25, 0.3) is 0 Å². The maximum Gasteiger partial charge on any atom is 0.416 e. The van der Waals surface area contributed by atoms with Gasteiger partial charge in [0.1, 0.15) is 0 Å². The molecule has 0 atom stereocenters. The second kappa shape index (κ2) is 4.22. The number of nitrogens with zero attached hydrogens (tertiary/aromatic N) is 3. The number of hydrogen-bond acceptors (Lipinski definition) is 3. The first-order valence-electron chi connectivity index (χ1n) is 5.73. The lowest BCUT2D eigenvalue weighted by molar-refractivity contribution is -0.137. The van der Waals surface area contributed by atoms with Gasteiger partial charge in [0.05, 0.1) is 5.56 Å². The Morgan fingerprint density at radius 2 is 1.65 bits per heavy atom. The Balaban J connectivity index is 2.09. The molecule has 0 unspecified atom stereocenters. The van der Waals surface area contributed by atoms with Gasteiger partial charge >= 0.3 is 6.18 Å². The molecule has 0 amide bonds. The van der Waals surface area contributed by atoms with Crippen LogP contribution in [0.1, 0.15) is 5.56 Å². The van der Waals surface area contributed by atoms with Crippen molar-refractivity contribution in [3.8, 4) is 11.4 Å². The van der Waals surface area contributed by atoms with E-state index in [2.05, 4.69) is 10.2 Å². The molecule has 20 heavy (non-hydrogen) atoms. The van der Waals surface area contributed by atoms with Crippen molar-refractivity contribution in [3.63, 3.8) is 0 Å². The molecule has 4 nitrogen and oxygen atoms in total. The van der Waals surface area contributed by atoms with Gasteiger partial charge in [0.15, 0.2) is 11.5 Å². The van der Waals surface area contributed by atoms with Crippen molar-refractivity contribution in [1.82, 2.24) is 14.6 Å². The molecule has 2 heterocycles. The summed E-state index contributed by atoms with van der Waals surface area (Å²) in [5.74, 6) is 0.445. The minimum atomic E-state index is -4.35. The van der Waals surface area contributed by atoms with E-state index < -0.39 is 11.7 Å². The lowest BCUT2D eigenvalue weighted by Gasteiger charge is -2.07. The lowest BCUT2D eigenvalue weighted by atomic mass is 10.1. The fraction of sp³-hybridized carbons (Fsp3) is 0.0769. The van der Waals surface area contributed by atoms with Crippen molar-refractivity contribution < 1.29 is 13.2 Å². The van der Waals surface area contributed by atoms with Crippen LogP contribution in [0.5, 0.6) is 0 Å². The van der Waals surface area contributed by atoms with E-state index >= 15 is 0 Å². The second-order valence-electron chi connectivity index (χ2n) is 4.29. The highest BCUT2D eigenvalue weighted by Gasteiger charge is 2.30. The van der Waals surface area contributed by atoms with Crippen LogP contribution in [0.3, 0.4) is 0 Å². The number of nitrogen functional groups attached to an aromatic ring is 1. The average Bonchev–Trinajstić information content (AvgIpc) is 2.81. The number of rotatable bonds is 1. The highest BCUT2D eigenvalue weighted by Crippen LogP contribution is 2.30. The standard InChI is InChI=1S/C13H9F3N4/c14-13(15,16)9-3-1-8(2-4-9)12-19-18-11-6-5-10(17)7-20(11)12/h1-7H,17H2. The Bertz CT molecular complexity index is 759. The predicted molar refractivity (Wildman–Crippen MR) is 67.8 cm³/mol. The van der Waals surface area contributed by atoms with Gasteiger partial charge in [-0.25, -0.2) is 0 Å². The summed E-state index contributed by atoms with van der Waals surface area (Å²) in [6.45, 7) is 0. The Morgan fingerprint density at radius 1 is 0.950 bits per heavy atom. The fourth-order valence-electron chi connectivity index (χ4n) is 1.91. The summed E-state index contributed by atoms with van der Waals surface area (Å²) in [6.07, 6.45) is -2.72. The number of benzene rings is 1. The van der Waals surface area contributed by atoms with Gasteiger partial charge in [0, 0.05) is 17.4 Å². The molecule has 0 aliphatic rings. The van der Waals surface area contributed by atoms with Crippen LogP contribution >= 0.6 is 0 Å². The predicted octanol–water partition coefficient (Wildman–Crippen LogP) is 3.00. The molecule has 0 radical (unpaired) electrons. The van der Waals surface area contributed by atoms with Gasteiger partial charge in [-0.1, -0.05) is 12.1 Å². The zero-order valence-electron chi connectivity index (χ0n) is 10.1. The van der Waals surface area contributed by atoms with Crippen molar-refractivity contribution in [2.24, 2.45) is 0 Å². The molecule has 0 aliphatic heterocycles. The summed E-state index contributed by atoms with van der Waals surface area (Å²) in [6, 6.07) is 8.13. The quantitative estimate of drug-likeness (QED) is 0.744. The Morgan fingerprint density at radius 3 is 2.30 bits per heavy atom. The smallest absolute Gasteiger partial charge is 0.398 e. The topological polar surface area (TPSA) is 56.2 Å². The van der Waals surface area contributed by atoms with Gasteiger partial charge < -0.3 is 5.73 Å². The van der Waals surface area contributed by atoms with Crippen molar-refractivity contribution in [3.05, 3.63) is 48.2 Å². The van der Waals surface area contributed by atoms with Crippen molar-refractivity contribution in [2.45, 2.75) is 6.18 Å². The lowest BCUT2D eigenvalue weighted by Crippen LogP contribution is -2.04. The summed E-state index contributed by atoms with van der Waals surface area (Å²) >= 11 is 0. The molecule has 0 saturated carbocycles. The molecule has 0 saturated heterocycles. The molecule has 0 bridgehead atoms. The van der Waals surface area contributed by atoms with E-state index in [1.807, 2.05) is 0 Å². The van der Waals surface area contributed by atoms with Crippen molar-refractivity contribution in [1.29, 1.82) is 0 Å². The van der Waals surface area contributed by atoms with Gasteiger partial charge in [-0.3, -0.25) is 4.40 Å². The number of alkyl halides is 3. The molecular formula is C13H9F3N4. The van der Waals surface area contributed by atoms with Crippen LogP contribution < -0.4 is 5.73 Å². The monoisotopic (exact) mass is 278 g/mol. The molecule has 2 aromatic heterocycles. The van der Waals surface area contributed by atoms with Gasteiger partial charge in [0.2, 0.25) is 0 Å². The third-order valence-corrected chi connectivity index (χ3v) is 2.90. The molecule has 0 spiro atoms. The van der Waals surface area contributed by atoms with Crippen LogP contribution in [0.15, 0.2) is 42.6 Å². The van der Waals surface area contributed by atoms with Crippen molar-refractivity contribution >= 4 is 11.3 Å². The van der Waals surface area contributed by atoms with Crippen LogP contribution in [0.25, 0.3) is 17.0 Å². The molecule has 0 fully saturated rings. The minimum Gasteiger partial charge on any atom is -0.398 e. The number of aromatic nitrogens is 3. The summed E-state index contributed by atoms with van der Waals surface area (Å²) in [5.41, 5.74) is 6.62. The number of hydrogen-bond donors (Lipinski definition) is 1. The fourth-order valence-corrected chi connectivity index (χ4v) is 1.91. The SMILES string of the molecule is Nc1ccc2nnc(-c3ccc(C(F)(F)F)cc3)n2c1. The van der Waals surface area contributed by atoms with Gasteiger partial charge in [-0.2, -0.15) is 13.2 Å². The van der Waals surface area contributed by atoms with E-state index in [1.165, 1.54) is 12.1 Å². The molecule has 2 N–H and O–H groups in total. The van der Waals surface area contributed by atoms with Crippen LogP contribution in [0.4, 0.5) is 18.9 Å². The first-order valence-corrected chi connectivity index (χ1v) is 5.73. The van der Waals surface area contributed by atoms with Crippen LogP contribution in [0.2, 0.25) is 0 Å². The summed E-state index contributed by atoms with van der Waals surface area (Å²) in [5, 5.41) is 7.92. The largest absolute Gasteiger partial charge is 0.416 e. The molecule has 102 valence electrons. The number of nitrogens with two attached hydrogens (primary N) is 1. The zero-order chi connectivity index (χ0) is 14.3. The first-order chi connectivity index (χ1) is 9.45. The van der Waals surface area contributed by atoms with E-state index in [4.69, 9.17) is 5.73 Å². The summed E-state index contributed by atoms with van der Waals surface area (Å²) < 4.78 is 39.2. The van der Waals surface area contributed by atoms with Gasteiger partial charge in [-0.05, 0) is 24.3 Å². The summed E-state index contributed by atoms with van der Waals surface area (Å²) in [7, 11) is 0. The number of anilines is 1. The molecule has 7 heteroatoms. The third kappa shape index (κ3) is 2.07. The van der Waals surface area contributed by atoms with E-state index in [-0.39, 0.29) is 0 Å². The molecule has 3 rings (SSSR count).